The number of ketones is 1. The Morgan fingerprint density at radius 1 is 1.20 bits per heavy atom. The summed E-state index contributed by atoms with van der Waals surface area (Å²) in [4.78, 5) is 11.9. The maximum absolute atomic E-state index is 11.9. The highest BCUT2D eigenvalue weighted by atomic mass is 16.1. The summed E-state index contributed by atoms with van der Waals surface area (Å²) in [5, 5.41) is 0. The molecule has 2 aliphatic carbocycles. The number of Topliss-reactive ketones (excluding diaryl/α,β-unsaturated/α-hetero) is 1. The van der Waals surface area contributed by atoms with Crippen molar-refractivity contribution in [1.29, 1.82) is 0 Å². The molecule has 0 aromatic heterocycles. The summed E-state index contributed by atoms with van der Waals surface area (Å²) >= 11 is 0. The lowest BCUT2D eigenvalue weighted by atomic mass is 9.59. The summed E-state index contributed by atoms with van der Waals surface area (Å²) in [5.74, 6) is 2.21. The van der Waals surface area contributed by atoms with Crippen molar-refractivity contribution >= 4 is 5.78 Å². The average molecular weight is 206 g/mol. The maximum Gasteiger partial charge on any atom is 0.136 e. The van der Waals surface area contributed by atoms with Gasteiger partial charge in [0.15, 0.2) is 0 Å². The van der Waals surface area contributed by atoms with Crippen LogP contribution in [0.3, 0.4) is 0 Å². The lowest BCUT2D eigenvalue weighted by Gasteiger charge is -2.44. The Labute approximate surface area is 92.9 Å². The molecule has 0 aliphatic heterocycles. The van der Waals surface area contributed by atoms with Crippen molar-refractivity contribution in [2.45, 2.75) is 46.5 Å². The molecule has 0 amide bonds. The number of carbonyl (C=O) groups is 1. The van der Waals surface area contributed by atoms with Gasteiger partial charge in [0.1, 0.15) is 5.78 Å². The zero-order valence-electron chi connectivity index (χ0n) is 10.1. The van der Waals surface area contributed by atoms with E-state index in [2.05, 4.69) is 32.9 Å². The third-order valence-corrected chi connectivity index (χ3v) is 4.23. The first kappa shape index (κ1) is 10.9. The van der Waals surface area contributed by atoms with E-state index in [1.54, 1.807) is 0 Å². The summed E-state index contributed by atoms with van der Waals surface area (Å²) in [6.45, 7) is 6.97. The van der Waals surface area contributed by atoms with Gasteiger partial charge >= 0.3 is 0 Å². The van der Waals surface area contributed by atoms with E-state index in [1.165, 1.54) is 0 Å². The van der Waals surface area contributed by atoms with Gasteiger partial charge in [0.05, 0.1) is 0 Å². The largest absolute Gasteiger partial charge is 0.299 e. The van der Waals surface area contributed by atoms with Crippen molar-refractivity contribution in [3.8, 4) is 0 Å². The minimum atomic E-state index is 0.341. The molecule has 15 heavy (non-hydrogen) atoms. The third kappa shape index (κ3) is 2.02. The Hall–Kier alpha value is -0.590. The molecular formula is C14H22O. The predicted octanol–water partition coefficient (Wildman–Crippen LogP) is 3.59. The van der Waals surface area contributed by atoms with Crippen LogP contribution >= 0.6 is 0 Å². The molecule has 0 radical (unpaired) electrons. The number of fused-ring (bicyclic) bond motifs is 1. The van der Waals surface area contributed by atoms with Gasteiger partial charge in [0.2, 0.25) is 0 Å². The minimum absolute atomic E-state index is 0.341. The molecule has 0 aromatic carbocycles. The van der Waals surface area contributed by atoms with E-state index in [9.17, 15) is 4.79 Å². The number of carbonyl (C=O) groups excluding carboxylic acids is 1. The molecule has 3 atom stereocenters. The first-order valence-electron chi connectivity index (χ1n) is 6.18. The van der Waals surface area contributed by atoms with Crippen molar-refractivity contribution in [3.63, 3.8) is 0 Å². The number of hydrogen-bond acceptors (Lipinski definition) is 1. The predicted molar refractivity (Wildman–Crippen MR) is 62.5 cm³/mol. The molecule has 0 saturated heterocycles. The first-order valence-corrected chi connectivity index (χ1v) is 6.18. The second-order valence-electron chi connectivity index (χ2n) is 6.19. The molecule has 0 spiro atoms. The Morgan fingerprint density at radius 3 is 2.53 bits per heavy atom. The van der Waals surface area contributed by atoms with Crippen LogP contribution < -0.4 is 0 Å². The highest BCUT2D eigenvalue weighted by Gasteiger charge is 2.42. The van der Waals surface area contributed by atoms with Crippen LogP contribution in [0.15, 0.2) is 12.2 Å². The molecule has 1 heteroatoms. The van der Waals surface area contributed by atoms with Gasteiger partial charge in [-0.15, -0.1) is 0 Å². The van der Waals surface area contributed by atoms with Crippen LogP contribution in [0.1, 0.15) is 46.5 Å². The number of rotatable bonds is 0. The zero-order valence-corrected chi connectivity index (χ0v) is 10.1. The van der Waals surface area contributed by atoms with E-state index in [4.69, 9.17) is 0 Å². The van der Waals surface area contributed by atoms with Gasteiger partial charge in [-0.2, -0.15) is 0 Å². The molecule has 0 bridgehead atoms. The highest BCUT2D eigenvalue weighted by Crippen LogP contribution is 2.47. The van der Waals surface area contributed by atoms with Crippen LogP contribution in [0.2, 0.25) is 0 Å². The Bertz CT molecular complexity index is 282. The summed E-state index contributed by atoms with van der Waals surface area (Å²) in [6, 6.07) is 0. The number of allylic oxidation sites excluding steroid dienone is 2. The topological polar surface area (TPSA) is 17.1 Å². The average Bonchev–Trinajstić information content (AvgIpc) is 2.17. The molecule has 0 unspecified atom stereocenters. The van der Waals surface area contributed by atoms with Crippen LogP contribution in [0, 0.1) is 23.2 Å². The molecule has 84 valence electrons. The smallest absolute Gasteiger partial charge is 0.136 e. The van der Waals surface area contributed by atoms with Gasteiger partial charge in [-0.3, -0.25) is 4.79 Å². The fourth-order valence-corrected chi connectivity index (χ4v) is 3.42. The Morgan fingerprint density at radius 2 is 1.87 bits per heavy atom. The quantitative estimate of drug-likeness (QED) is 0.553. The molecule has 0 aromatic rings. The molecule has 1 saturated carbocycles. The molecule has 0 N–H and O–H groups in total. The van der Waals surface area contributed by atoms with E-state index in [0.29, 0.717) is 23.0 Å². The molecule has 0 heterocycles. The molecule has 1 fully saturated rings. The second-order valence-corrected chi connectivity index (χ2v) is 6.19. The standard InChI is InChI=1S/C14H22O/c1-14(2,3)12-8-9-13(15)11-7-5-4-6-10(11)12/h4-5,10-12H,6-9H2,1-3H3/t10-,11+,12-/m0/s1. The van der Waals surface area contributed by atoms with E-state index in [0.717, 1.165) is 31.6 Å². The summed E-state index contributed by atoms with van der Waals surface area (Å²) in [6.07, 6.45) is 8.52. The van der Waals surface area contributed by atoms with E-state index < -0.39 is 0 Å². The van der Waals surface area contributed by atoms with Gasteiger partial charge in [-0.1, -0.05) is 32.9 Å². The van der Waals surface area contributed by atoms with E-state index >= 15 is 0 Å². The summed E-state index contributed by atoms with van der Waals surface area (Å²) in [7, 11) is 0. The van der Waals surface area contributed by atoms with Crippen LogP contribution in [-0.4, -0.2) is 5.78 Å². The Kier molecular flexibility index (Phi) is 2.74. The number of hydrogen-bond donors (Lipinski definition) is 0. The van der Waals surface area contributed by atoms with Gasteiger partial charge in [-0.05, 0) is 36.5 Å². The normalized spacial score (nSPS) is 36.5. The lowest BCUT2D eigenvalue weighted by Crippen LogP contribution is -2.41. The van der Waals surface area contributed by atoms with Crippen molar-refractivity contribution in [2.75, 3.05) is 0 Å². The van der Waals surface area contributed by atoms with Gasteiger partial charge < -0.3 is 0 Å². The monoisotopic (exact) mass is 206 g/mol. The van der Waals surface area contributed by atoms with Crippen LogP contribution in [-0.2, 0) is 4.79 Å². The van der Waals surface area contributed by atoms with Crippen molar-refractivity contribution < 1.29 is 4.79 Å². The van der Waals surface area contributed by atoms with Gasteiger partial charge in [-0.25, -0.2) is 0 Å². The molecule has 2 rings (SSSR count). The molecule has 2 aliphatic rings. The van der Waals surface area contributed by atoms with Crippen molar-refractivity contribution in [2.24, 2.45) is 23.2 Å². The van der Waals surface area contributed by atoms with E-state index in [1.807, 2.05) is 0 Å². The summed E-state index contributed by atoms with van der Waals surface area (Å²) in [5.41, 5.74) is 0.356. The van der Waals surface area contributed by atoms with Crippen LogP contribution in [0.25, 0.3) is 0 Å². The molecule has 1 nitrogen and oxygen atoms in total. The minimum Gasteiger partial charge on any atom is -0.299 e. The van der Waals surface area contributed by atoms with E-state index in [-0.39, 0.29) is 0 Å². The van der Waals surface area contributed by atoms with Crippen LogP contribution in [0.5, 0.6) is 0 Å². The SMILES string of the molecule is CC(C)(C)[C@H]1CCC(=O)[C@@H]2CC=CC[C@@H]21. The lowest BCUT2D eigenvalue weighted by molar-refractivity contribution is -0.130. The van der Waals surface area contributed by atoms with Crippen molar-refractivity contribution in [1.82, 2.24) is 0 Å². The fraction of sp³-hybridized carbons (Fsp3) is 0.786. The maximum atomic E-state index is 11.9. The van der Waals surface area contributed by atoms with Crippen LogP contribution in [0.4, 0.5) is 0 Å². The van der Waals surface area contributed by atoms with Gasteiger partial charge in [0, 0.05) is 12.3 Å². The molecular weight excluding hydrogens is 184 g/mol. The highest BCUT2D eigenvalue weighted by molar-refractivity contribution is 5.82. The Balaban J connectivity index is 2.22. The summed E-state index contributed by atoms with van der Waals surface area (Å²) < 4.78 is 0. The first-order chi connectivity index (χ1) is 7.00. The zero-order chi connectivity index (χ0) is 11.1. The van der Waals surface area contributed by atoms with Gasteiger partial charge in [0.25, 0.3) is 0 Å². The van der Waals surface area contributed by atoms with Crippen molar-refractivity contribution in [3.05, 3.63) is 12.2 Å². The second kappa shape index (κ2) is 3.77. The third-order valence-electron chi connectivity index (χ3n) is 4.23. The fourth-order valence-electron chi connectivity index (χ4n) is 3.42.